The van der Waals surface area contributed by atoms with Gasteiger partial charge < -0.3 is 15.4 Å². The molecule has 1 saturated carbocycles. The van der Waals surface area contributed by atoms with E-state index < -0.39 is 5.41 Å². The van der Waals surface area contributed by atoms with E-state index in [4.69, 9.17) is 4.74 Å². The third kappa shape index (κ3) is 3.69. The molecule has 0 saturated heterocycles. The molecular weight excluding hydrogens is 335 g/mol. The Balaban J connectivity index is 1.58. The SMILES string of the molecule is COc1ccccc1CNC(=O)C1(C(=O)NCc2ccccc2F)CC1. The number of rotatable bonds is 7. The lowest BCUT2D eigenvalue weighted by atomic mass is 10.0. The summed E-state index contributed by atoms with van der Waals surface area (Å²) in [6.45, 7) is 0.345. The van der Waals surface area contributed by atoms with Gasteiger partial charge in [0.25, 0.3) is 0 Å². The van der Waals surface area contributed by atoms with Crippen LogP contribution in [0.2, 0.25) is 0 Å². The average molecular weight is 356 g/mol. The van der Waals surface area contributed by atoms with Crippen molar-refractivity contribution in [3.8, 4) is 5.75 Å². The van der Waals surface area contributed by atoms with Crippen LogP contribution in [0.3, 0.4) is 0 Å². The van der Waals surface area contributed by atoms with Gasteiger partial charge in [-0.1, -0.05) is 36.4 Å². The third-order valence-corrected chi connectivity index (χ3v) is 4.65. The Morgan fingerprint density at radius 3 is 2.08 bits per heavy atom. The van der Waals surface area contributed by atoms with Gasteiger partial charge >= 0.3 is 0 Å². The zero-order chi connectivity index (χ0) is 18.6. The van der Waals surface area contributed by atoms with Crippen LogP contribution in [0, 0.1) is 11.2 Å². The lowest BCUT2D eigenvalue weighted by molar-refractivity contribution is -0.137. The molecule has 1 aliphatic carbocycles. The smallest absolute Gasteiger partial charge is 0.235 e. The quantitative estimate of drug-likeness (QED) is 0.749. The highest BCUT2D eigenvalue weighted by Gasteiger charge is 2.56. The fourth-order valence-corrected chi connectivity index (χ4v) is 2.86. The van der Waals surface area contributed by atoms with Gasteiger partial charge in [0.15, 0.2) is 0 Å². The predicted molar refractivity (Wildman–Crippen MR) is 94.8 cm³/mol. The van der Waals surface area contributed by atoms with Crippen molar-refractivity contribution < 1.29 is 18.7 Å². The van der Waals surface area contributed by atoms with Crippen LogP contribution in [0.4, 0.5) is 4.39 Å². The first kappa shape index (κ1) is 17.9. The fraction of sp³-hybridized carbons (Fsp3) is 0.300. The number of carbonyl (C=O) groups excluding carboxylic acids is 2. The topological polar surface area (TPSA) is 67.4 Å². The number of halogens is 1. The largest absolute Gasteiger partial charge is 0.496 e. The summed E-state index contributed by atoms with van der Waals surface area (Å²) in [4.78, 5) is 25.0. The lowest BCUT2D eigenvalue weighted by Gasteiger charge is -2.16. The molecule has 6 heteroatoms. The van der Waals surface area contributed by atoms with Gasteiger partial charge in [-0.15, -0.1) is 0 Å². The van der Waals surface area contributed by atoms with E-state index in [1.807, 2.05) is 24.3 Å². The van der Waals surface area contributed by atoms with E-state index >= 15 is 0 Å². The first-order valence-electron chi connectivity index (χ1n) is 8.49. The van der Waals surface area contributed by atoms with Gasteiger partial charge in [0.1, 0.15) is 17.0 Å². The second-order valence-electron chi connectivity index (χ2n) is 6.35. The molecule has 0 bridgehead atoms. The molecular formula is C20H21FN2O3. The molecule has 2 aromatic carbocycles. The lowest BCUT2D eigenvalue weighted by Crippen LogP contribution is -2.42. The highest BCUT2D eigenvalue weighted by Crippen LogP contribution is 2.46. The standard InChI is InChI=1S/C20H21FN2O3/c1-26-17-9-5-3-7-15(17)13-23-19(25)20(10-11-20)18(24)22-12-14-6-2-4-8-16(14)21/h2-9H,10-13H2,1H3,(H,22,24)(H,23,25). The number of carbonyl (C=O) groups is 2. The summed E-state index contributed by atoms with van der Waals surface area (Å²) < 4.78 is 18.9. The Hall–Kier alpha value is -2.89. The van der Waals surface area contributed by atoms with Gasteiger partial charge in [-0.3, -0.25) is 9.59 Å². The fourth-order valence-electron chi connectivity index (χ4n) is 2.86. The molecule has 1 fully saturated rings. The van der Waals surface area contributed by atoms with Gasteiger partial charge in [-0.05, 0) is 25.0 Å². The number of hydrogen-bond donors (Lipinski definition) is 2. The van der Waals surface area contributed by atoms with Crippen molar-refractivity contribution in [1.82, 2.24) is 10.6 Å². The van der Waals surface area contributed by atoms with Crippen LogP contribution >= 0.6 is 0 Å². The predicted octanol–water partition coefficient (Wildman–Crippen LogP) is 2.55. The number of methoxy groups -OCH3 is 1. The molecule has 0 spiro atoms. The zero-order valence-corrected chi connectivity index (χ0v) is 14.5. The minimum absolute atomic E-state index is 0.0625. The molecule has 0 radical (unpaired) electrons. The van der Waals surface area contributed by atoms with E-state index in [1.54, 1.807) is 25.3 Å². The van der Waals surface area contributed by atoms with Crippen LogP contribution in [0.25, 0.3) is 0 Å². The minimum atomic E-state index is -1.05. The van der Waals surface area contributed by atoms with Crippen LogP contribution in [0.1, 0.15) is 24.0 Å². The van der Waals surface area contributed by atoms with Crippen molar-refractivity contribution in [2.24, 2.45) is 5.41 Å². The molecule has 3 rings (SSSR count). The molecule has 0 heterocycles. The molecule has 0 atom stereocenters. The Labute approximate surface area is 151 Å². The summed E-state index contributed by atoms with van der Waals surface area (Å²) >= 11 is 0. The summed E-state index contributed by atoms with van der Waals surface area (Å²) in [6, 6.07) is 13.6. The first-order valence-corrected chi connectivity index (χ1v) is 8.49. The summed E-state index contributed by atoms with van der Waals surface area (Å²) in [6.07, 6.45) is 0.988. The molecule has 0 aliphatic heterocycles. The van der Waals surface area contributed by atoms with Crippen molar-refractivity contribution in [3.63, 3.8) is 0 Å². The molecule has 0 unspecified atom stereocenters. The number of hydrogen-bond acceptors (Lipinski definition) is 3. The maximum atomic E-state index is 13.6. The highest BCUT2D eigenvalue weighted by molar-refractivity contribution is 6.07. The second kappa shape index (κ2) is 7.56. The molecule has 2 amide bonds. The number of para-hydroxylation sites is 1. The number of ether oxygens (including phenoxy) is 1. The van der Waals surface area contributed by atoms with Crippen LogP contribution in [-0.2, 0) is 22.7 Å². The van der Waals surface area contributed by atoms with Gasteiger partial charge in [-0.25, -0.2) is 4.39 Å². The minimum Gasteiger partial charge on any atom is -0.496 e. The van der Waals surface area contributed by atoms with E-state index in [0.29, 0.717) is 24.2 Å². The van der Waals surface area contributed by atoms with E-state index in [0.717, 1.165) is 5.56 Å². The number of benzene rings is 2. The maximum absolute atomic E-state index is 13.6. The van der Waals surface area contributed by atoms with E-state index in [9.17, 15) is 14.0 Å². The molecule has 2 N–H and O–H groups in total. The summed E-state index contributed by atoms with van der Waals surface area (Å²) in [5.41, 5.74) is 0.185. The van der Waals surface area contributed by atoms with Gasteiger partial charge in [0.05, 0.1) is 7.11 Å². The zero-order valence-electron chi connectivity index (χ0n) is 14.5. The summed E-state index contributed by atoms with van der Waals surface area (Å²) in [5.74, 6) is -0.368. The molecule has 1 aliphatic rings. The van der Waals surface area contributed by atoms with E-state index in [-0.39, 0.29) is 30.7 Å². The average Bonchev–Trinajstić information content (AvgIpc) is 3.47. The van der Waals surface area contributed by atoms with Gasteiger partial charge in [-0.2, -0.15) is 0 Å². The second-order valence-corrected chi connectivity index (χ2v) is 6.35. The maximum Gasteiger partial charge on any atom is 0.235 e. The Morgan fingerprint density at radius 1 is 0.962 bits per heavy atom. The van der Waals surface area contributed by atoms with Crippen LogP contribution in [-0.4, -0.2) is 18.9 Å². The van der Waals surface area contributed by atoms with Crippen molar-refractivity contribution >= 4 is 11.8 Å². The summed E-state index contributed by atoms with van der Waals surface area (Å²) in [7, 11) is 1.57. The molecule has 5 nitrogen and oxygen atoms in total. The normalized spacial score (nSPS) is 14.4. The van der Waals surface area contributed by atoms with Gasteiger partial charge in [0.2, 0.25) is 11.8 Å². The Bertz CT molecular complexity index is 818. The molecule has 0 aromatic heterocycles. The Kier molecular flexibility index (Phi) is 5.21. The molecule has 136 valence electrons. The Morgan fingerprint density at radius 2 is 1.50 bits per heavy atom. The van der Waals surface area contributed by atoms with E-state index in [1.165, 1.54) is 6.07 Å². The van der Waals surface area contributed by atoms with Crippen LogP contribution < -0.4 is 15.4 Å². The van der Waals surface area contributed by atoms with Gasteiger partial charge in [0, 0.05) is 24.2 Å². The van der Waals surface area contributed by atoms with Crippen molar-refractivity contribution in [3.05, 3.63) is 65.5 Å². The number of nitrogens with one attached hydrogen (secondary N) is 2. The highest BCUT2D eigenvalue weighted by atomic mass is 19.1. The van der Waals surface area contributed by atoms with Crippen molar-refractivity contribution in [1.29, 1.82) is 0 Å². The third-order valence-electron chi connectivity index (χ3n) is 4.65. The summed E-state index contributed by atoms with van der Waals surface area (Å²) in [5, 5.41) is 5.49. The van der Waals surface area contributed by atoms with E-state index in [2.05, 4.69) is 10.6 Å². The van der Waals surface area contributed by atoms with Crippen LogP contribution in [0.5, 0.6) is 5.75 Å². The van der Waals surface area contributed by atoms with Crippen LogP contribution in [0.15, 0.2) is 48.5 Å². The molecule has 26 heavy (non-hydrogen) atoms. The van der Waals surface area contributed by atoms with Crippen molar-refractivity contribution in [2.75, 3.05) is 7.11 Å². The first-order chi connectivity index (χ1) is 12.6. The van der Waals surface area contributed by atoms with Crippen molar-refractivity contribution in [2.45, 2.75) is 25.9 Å². The molecule has 2 aromatic rings. The monoisotopic (exact) mass is 356 g/mol. The number of amides is 2.